The maximum Gasteiger partial charge on any atom is 0.0816 e. The lowest BCUT2D eigenvalue weighted by atomic mass is 9.71. The van der Waals surface area contributed by atoms with E-state index in [1.807, 2.05) is 0 Å². The molecule has 2 rings (SSSR count). The predicted octanol–water partition coefficient (Wildman–Crippen LogP) is 1.99. The third kappa shape index (κ3) is 0.485. The summed E-state index contributed by atoms with van der Waals surface area (Å²) in [5.41, 5.74) is 0.630. The molecule has 10 heavy (non-hydrogen) atoms. The summed E-state index contributed by atoms with van der Waals surface area (Å²) >= 11 is 0. The molecule has 56 valence electrons. The molecule has 0 N–H and O–H groups in total. The smallest absolute Gasteiger partial charge is 0.0816 e. The van der Waals surface area contributed by atoms with Crippen LogP contribution in [0, 0.1) is 10.8 Å². The molecular weight excluding hydrogens is 124 g/mol. The first-order valence-electron chi connectivity index (χ1n) is 3.87. The van der Waals surface area contributed by atoms with Gasteiger partial charge in [-0.25, -0.2) is 0 Å². The van der Waals surface area contributed by atoms with Crippen LogP contribution in [-0.4, -0.2) is 12.7 Å². The third-order valence-corrected chi connectivity index (χ3v) is 3.38. The van der Waals surface area contributed by atoms with Crippen molar-refractivity contribution in [3.63, 3.8) is 0 Å². The van der Waals surface area contributed by atoms with Crippen molar-refractivity contribution in [2.24, 2.45) is 10.8 Å². The van der Waals surface area contributed by atoms with Crippen LogP contribution in [0.25, 0.3) is 0 Å². The van der Waals surface area contributed by atoms with Gasteiger partial charge in [0.15, 0.2) is 0 Å². The van der Waals surface area contributed by atoms with Crippen LogP contribution in [0.4, 0.5) is 0 Å². The quantitative estimate of drug-likeness (QED) is 0.465. The molecule has 1 fully saturated rings. The number of fused-ring (bicyclic) bond motifs is 2. The first-order valence-corrected chi connectivity index (χ1v) is 3.87. The molecule has 1 saturated heterocycles. The fourth-order valence-electron chi connectivity index (χ4n) is 1.84. The number of hydrogen-bond acceptors (Lipinski definition) is 1. The van der Waals surface area contributed by atoms with Crippen molar-refractivity contribution in [2.45, 2.75) is 26.9 Å². The maximum absolute atomic E-state index is 5.58. The highest BCUT2D eigenvalue weighted by Gasteiger charge is 2.54. The van der Waals surface area contributed by atoms with Gasteiger partial charge in [-0.3, -0.25) is 0 Å². The molecule has 1 heteroatoms. The van der Waals surface area contributed by atoms with Gasteiger partial charge in [0, 0.05) is 10.8 Å². The molecule has 0 saturated carbocycles. The Labute approximate surface area is 62.1 Å². The van der Waals surface area contributed by atoms with E-state index in [-0.39, 0.29) is 0 Å². The van der Waals surface area contributed by atoms with E-state index in [9.17, 15) is 0 Å². The fourth-order valence-corrected chi connectivity index (χ4v) is 1.84. The van der Waals surface area contributed by atoms with Gasteiger partial charge in [0.2, 0.25) is 0 Å². The Morgan fingerprint density at radius 2 is 2.10 bits per heavy atom. The molecule has 0 aromatic carbocycles. The largest absolute Gasteiger partial charge is 0.373 e. The van der Waals surface area contributed by atoms with Crippen molar-refractivity contribution < 1.29 is 4.74 Å². The van der Waals surface area contributed by atoms with E-state index in [1.54, 1.807) is 0 Å². The van der Waals surface area contributed by atoms with Gasteiger partial charge in [-0.1, -0.05) is 32.9 Å². The normalized spacial score (nSPS) is 48.5. The van der Waals surface area contributed by atoms with Crippen molar-refractivity contribution in [1.29, 1.82) is 0 Å². The third-order valence-electron chi connectivity index (χ3n) is 3.38. The fraction of sp³-hybridized carbons (Fsp3) is 0.778. The van der Waals surface area contributed by atoms with Gasteiger partial charge in [0.25, 0.3) is 0 Å². The average Bonchev–Trinajstić information content (AvgIpc) is 2.18. The molecule has 0 aromatic rings. The summed E-state index contributed by atoms with van der Waals surface area (Å²) in [6.07, 6.45) is 4.88. The van der Waals surface area contributed by atoms with Crippen LogP contribution in [0.15, 0.2) is 12.2 Å². The summed E-state index contributed by atoms with van der Waals surface area (Å²) in [4.78, 5) is 0. The van der Waals surface area contributed by atoms with E-state index >= 15 is 0 Å². The standard InChI is InChI=1S/C9H14O/c1-8(2)7-4-5-9(8,3)6-10-7/h4-5,7H,6H2,1-3H3. The lowest BCUT2D eigenvalue weighted by Crippen LogP contribution is -2.30. The second-order valence-corrected chi connectivity index (χ2v) is 4.23. The molecule has 0 spiro atoms. The number of hydrogen-bond donors (Lipinski definition) is 0. The minimum atomic E-state index is 0.303. The second-order valence-electron chi connectivity index (χ2n) is 4.23. The van der Waals surface area contributed by atoms with Crippen molar-refractivity contribution in [1.82, 2.24) is 0 Å². The van der Waals surface area contributed by atoms with Crippen molar-refractivity contribution in [3.8, 4) is 0 Å². The Balaban J connectivity index is 2.45. The van der Waals surface area contributed by atoms with Crippen LogP contribution >= 0.6 is 0 Å². The minimum Gasteiger partial charge on any atom is -0.373 e. The summed E-state index contributed by atoms with van der Waals surface area (Å²) in [6, 6.07) is 0. The lowest BCUT2D eigenvalue weighted by Gasteiger charge is -2.30. The van der Waals surface area contributed by atoms with Crippen molar-refractivity contribution in [2.75, 3.05) is 6.61 Å². The van der Waals surface area contributed by atoms with E-state index in [2.05, 4.69) is 32.9 Å². The van der Waals surface area contributed by atoms with Crippen LogP contribution in [-0.2, 0) is 4.74 Å². The van der Waals surface area contributed by atoms with E-state index in [0.717, 1.165) is 6.61 Å². The van der Waals surface area contributed by atoms with Crippen molar-refractivity contribution in [3.05, 3.63) is 12.2 Å². The first kappa shape index (κ1) is 6.41. The van der Waals surface area contributed by atoms with Gasteiger partial charge in [-0.05, 0) is 0 Å². The molecule has 2 bridgehead atoms. The Hall–Kier alpha value is -0.300. The van der Waals surface area contributed by atoms with Crippen LogP contribution in [0.2, 0.25) is 0 Å². The minimum absolute atomic E-state index is 0.303. The van der Waals surface area contributed by atoms with Gasteiger partial charge in [0.1, 0.15) is 0 Å². The van der Waals surface area contributed by atoms with Gasteiger partial charge in [0.05, 0.1) is 12.7 Å². The molecule has 0 amide bonds. The molecule has 0 aromatic heterocycles. The Kier molecular flexibility index (Phi) is 0.946. The summed E-state index contributed by atoms with van der Waals surface area (Å²) < 4.78 is 5.58. The van der Waals surface area contributed by atoms with E-state index in [1.165, 1.54) is 0 Å². The zero-order chi connectivity index (χ0) is 7.41. The van der Waals surface area contributed by atoms with Gasteiger partial charge < -0.3 is 4.74 Å². The van der Waals surface area contributed by atoms with Gasteiger partial charge in [-0.15, -0.1) is 0 Å². The van der Waals surface area contributed by atoms with E-state index in [0.29, 0.717) is 16.9 Å². The molecule has 2 unspecified atom stereocenters. The summed E-state index contributed by atoms with van der Waals surface area (Å²) in [7, 11) is 0. The Morgan fingerprint density at radius 3 is 2.20 bits per heavy atom. The van der Waals surface area contributed by atoms with Crippen molar-refractivity contribution >= 4 is 0 Å². The molecule has 2 atom stereocenters. The first-order chi connectivity index (χ1) is 4.56. The zero-order valence-electron chi connectivity index (χ0n) is 6.85. The molecule has 1 aliphatic heterocycles. The molecule has 2 aliphatic rings. The van der Waals surface area contributed by atoms with Crippen LogP contribution < -0.4 is 0 Å². The predicted molar refractivity (Wildman–Crippen MR) is 40.8 cm³/mol. The summed E-state index contributed by atoms with van der Waals surface area (Å²) in [5.74, 6) is 0. The topological polar surface area (TPSA) is 9.23 Å². The highest BCUT2D eigenvalue weighted by Crippen LogP contribution is 2.54. The van der Waals surface area contributed by atoms with E-state index < -0.39 is 0 Å². The molecule has 0 radical (unpaired) electrons. The summed E-state index contributed by atoms with van der Waals surface area (Å²) in [5, 5.41) is 0. The molecule has 1 heterocycles. The number of ether oxygens (including phenoxy) is 1. The second kappa shape index (κ2) is 1.48. The van der Waals surface area contributed by atoms with Gasteiger partial charge >= 0.3 is 0 Å². The lowest BCUT2D eigenvalue weighted by molar-refractivity contribution is 0.103. The SMILES string of the molecule is CC12C=CC(OC1)C2(C)C. The summed E-state index contributed by atoms with van der Waals surface area (Å²) in [6.45, 7) is 7.74. The highest BCUT2D eigenvalue weighted by molar-refractivity contribution is 5.22. The van der Waals surface area contributed by atoms with Crippen LogP contribution in [0.3, 0.4) is 0 Å². The highest BCUT2D eigenvalue weighted by atomic mass is 16.5. The molecule has 1 nitrogen and oxygen atoms in total. The van der Waals surface area contributed by atoms with E-state index in [4.69, 9.17) is 4.74 Å². The van der Waals surface area contributed by atoms with Crippen LogP contribution in [0.1, 0.15) is 20.8 Å². The monoisotopic (exact) mass is 138 g/mol. The molecule has 1 aliphatic carbocycles. The average molecular weight is 138 g/mol. The maximum atomic E-state index is 5.58. The molecular formula is C9H14O. The van der Waals surface area contributed by atoms with Crippen LogP contribution in [0.5, 0.6) is 0 Å². The zero-order valence-corrected chi connectivity index (χ0v) is 6.85. The number of rotatable bonds is 0. The Morgan fingerprint density at radius 1 is 1.40 bits per heavy atom. The Bertz CT molecular complexity index is 193. The van der Waals surface area contributed by atoms with Gasteiger partial charge in [-0.2, -0.15) is 0 Å².